The molecule has 1 aromatic heterocycles. The van der Waals surface area contributed by atoms with Crippen molar-refractivity contribution in [3.05, 3.63) is 65.6 Å². The number of hydrogen-bond donors (Lipinski definition) is 2. The molecule has 7 heteroatoms. The first-order valence-corrected chi connectivity index (χ1v) is 10.3. The second kappa shape index (κ2) is 8.34. The molecule has 0 saturated heterocycles. The molecule has 160 valence electrons. The van der Waals surface area contributed by atoms with Gasteiger partial charge < -0.3 is 15.4 Å². The molecule has 0 fully saturated rings. The summed E-state index contributed by atoms with van der Waals surface area (Å²) in [6.45, 7) is 6.64. The number of hydrogen-bond acceptors (Lipinski definition) is 6. The summed E-state index contributed by atoms with van der Waals surface area (Å²) in [5, 5.41) is 6.38. The van der Waals surface area contributed by atoms with E-state index in [1.54, 1.807) is 12.1 Å². The number of fused-ring (bicyclic) bond motifs is 1. The van der Waals surface area contributed by atoms with Gasteiger partial charge in [0.15, 0.2) is 5.78 Å². The van der Waals surface area contributed by atoms with E-state index in [1.165, 1.54) is 12.1 Å². The van der Waals surface area contributed by atoms with Crippen molar-refractivity contribution in [3.63, 3.8) is 0 Å². The fourth-order valence-corrected chi connectivity index (χ4v) is 3.71. The predicted octanol–water partition coefficient (Wildman–Crippen LogP) is 5.66. The second-order valence-corrected chi connectivity index (χ2v) is 8.37. The molecule has 4 rings (SSSR count). The smallest absolute Gasteiger partial charge is 0.229 e. The molecule has 1 heterocycles. The summed E-state index contributed by atoms with van der Waals surface area (Å²) >= 11 is 0. The van der Waals surface area contributed by atoms with Crippen molar-refractivity contribution in [2.75, 3.05) is 17.2 Å². The normalized spacial score (nSPS) is 14.6. The Bertz CT molecular complexity index is 1100. The number of carbonyl (C=O) groups is 1. The van der Waals surface area contributed by atoms with Crippen molar-refractivity contribution in [2.45, 2.75) is 33.6 Å². The van der Waals surface area contributed by atoms with Crippen LogP contribution in [0.25, 0.3) is 0 Å². The van der Waals surface area contributed by atoms with Crippen LogP contribution in [0.3, 0.4) is 0 Å². The van der Waals surface area contributed by atoms with E-state index in [-0.39, 0.29) is 17.0 Å². The van der Waals surface area contributed by atoms with Gasteiger partial charge in [-0.15, -0.1) is 0 Å². The molecule has 0 amide bonds. The van der Waals surface area contributed by atoms with Crippen molar-refractivity contribution >= 4 is 28.9 Å². The lowest BCUT2D eigenvalue weighted by atomic mass is 9.75. The van der Waals surface area contributed by atoms with Gasteiger partial charge in [-0.3, -0.25) is 4.79 Å². The van der Waals surface area contributed by atoms with Gasteiger partial charge in [0.1, 0.15) is 17.4 Å². The minimum Gasteiger partial charge on any atom is -0.494 e. The van der Waals surface area contributed by atoms with Gasteiger partial charge in [-0.05, 0) is 67.3 Å². The van der Waals surface area contributed by atoms with Crippen LogP contribution in [-0.4, -0.2) is 22.4 Å². The molecule has 0 saturated carbocycles. The van der Waals surface area contributed by atoms with Gasteiger partial charge in [-0.2, -0.15) is 4.98 Å². The van der Waals surface area contributed by atoms with Gasteiger partial charge in [-0.1, -0.05) is 13.8 Å². The number of anilines is 4. The monoisotopic (exact) mass is 420 g/mol. The Labute approximate surface area is 180 Å². The number of nitrogens with zero attached hydrogens (tertiary/aromatic N) is 2. The molecule has 2 aromatic carbocycles. The average Bonchev–Trinajstić information content (AvgIpc) is 2.70. The number of rotatable bonds is 6. The van der Waals surface area contributed by atoms with Crippen LogP contribution in [0.1, 0.15) is 43.2 Å². The molecule has 3 aromatic rings. The van der Waals surface area contributed by atoms with Crippen molar-refractivity contribution in [1.29, 1.82) is 0 Å². The van der Waals surface area contributed by atoms with E-state index in [4.69, 9.17) is 4.74 Å². The first kappa shape index (κ1) is 20.8. The van der Waals surface area contributed by atoms with E-state index in [2.05, 4.69) is 34.4 Å². The van der Waals surface area contributed by atoms with Crippen LogP contribution in [0.5, 0.6) is 5.75 Å². The molecule has 31 heavy (non-hydrogen) atoms. The van der Waals surface area contributed by atoms with Crippen LogP contribution in [0.15, 0.2) is 48.5 Å². The Morgan fingerprint density at radius 2 is 1.61 bits per heavy atom. The molecular formula is C24H25FN4O2. The van der Waals surface area contributed by atoms with Crippen molar-refractivity contribution in [2.24, 2.45) is 5.41 Å². The number of nitrogens with one attached hydrogen (secondary N) is 2. The van der Waals surface area contributed by atoms with E-state index in [1.807, 2.05) is 31.2 Å². The molecule has 0 atom stereocenters. The highest BCUT2D eigenvalue weighted by Crippen LogP contribution is 2.38. The molecule has 0 spiro atoms. The Hall–Kier alpha value is -3.48. The van der Waals surface area contributed by atoms with Gasteiger partial charge in [-0.25, -0.2) is 9.37 Å². The summed E-state index contributed by atoms with van der Waals surface area (Å²) in [5.74, 6) is 1.29. The standard InChI is InChI=1S/C24H25FN4O2/c1-4-31-18-11-9-16(10-12-18)26-22-21-19(13-24(2,3)14-20(21)30)28-23(29-22)27-17-7-5-15(25)6-8-17/h5-12H,4,13-14H2,1-3H3,(H2,26,27,28,29). The van der Waals surface area contributed by atoms with Crippen LogP contribution >= 0.6 is 0 Å². The molecule has 0 bridgehead atoms. The highest BCUT2D eigenvalue weighted by atomic mass is 19.1. The van der Waals surface area contributed by atoms with E-state index in [9.17, 15) is 9.18 Å². The van der Waals surface area contributed by atoms with Gasteiger partial charge >= 0.3 is 0 Å². The molecule has 0 radical (unpaired) electrons. The maximum absolute atomic E-state index is 13.2. The first-order valence-electron chi connectivity index (χ1n) is 10.3. The van der Waals surface area contributed by atoms with E-state index < -0.39 is 0 Å². The number of ketones is 1. The van der Waals surface area contributed by atoms with Gasteiger partial charge in [0, 0.05) is 17.8 Å². The number of ether oxygens (including phenoxy) is 1. The zero-order valence-corrected chi connectivity index (χ0v) is 17.8. The molecule has 6 nitrogen and oxygen atoms in total. The lowest BCUT2D eigenvalue weighted by molar-refractivity contribution is 0.0911. The molecule has 0 aliphatic heterocycles. The van der Waals surface area contributed by atoms with E-state index in [0.717, 1.165) is 11.4 Å². The molecular weight excluding hydrogens is 395 g/mol. The Balaban J connectivity index is 1.71. The lowest BCUT2D eigenvalue weighted by Crippen LogP contribution is -2.29. The zero-order valence-electron chi connectivity index (χ0n) is 17.8. The maximum atomic E-state index is 13.2. The fraction of sp³-hybridized carbons (Fsp3) is 0.292. The Morgan fingerprint density at radius 3 is 2.29 bits per heavy atom. The summed E-state index contributed by atoms with van der Waals surface area (Å²) in [4.78, 5) is 22.2. The predicted molar refractivity (Wildman–Crippen MR) is 119 cm³/mol. The molecule has 2 N–H and O–H groups in total. The third-order valence-corrected chi connectivity index (χ3v) is 5.08. The summed E-state index contributed by atoms with van der Waals surface area (Å²) in [5.41, 5.74) is 2.50. The number of halogens is 1. The van der Waals surface area contributed by atoms with Crippen molar-refractivity contribution in [1.82, 2.24) is 9.97 Å². The summed E-state index contributed by atoms with van der Waals surface area (Å²) in [7, 11) is 0. The van der Waals surface area contributed by atoms with Crippen molar-refractivity contribution in [3.8, 4) is 5.75 Å². The summed E-state index contributed by atoms with van der Waals surface area (Å²) in [6.07, 6.45) is 1.10. The quantitative estimate of drug-likeness (QED) is 0.536. The van der Waals surface area contributed by atoms with Crippen LogP contribution in [0, 0.1) is 11.2 Å². The third kappa shape index (κ3) is 4.82. The van der Waals surface area contributed by atoms with Crippen LogP contribution < -0.4 is 15.4 Å². The summed E-state index contributed by atoms with van der Waals surface area (Å²) < 4.78 is 18.7. The van der Waals surface area contributed by atoms with Gasteiger partial charge in [0.25, 0.3) is 0 Å². The average molecular weight is 420 g/mol. The number of aromatic nitrogens is 2. The van der Waals surface area contributed by atoms with E-state index >= 15 is 0 Å². The maximum Gasteiger partial charge on any atom is 0.229 e. The third-order valence-electron chi connectivity index (χ3n) is 5.08. The van der Waals surface area contributed by atoms with Crippen molar-refractivity contribution < 1.29 is 13.9 Å². The fourth-order valence-electron chi connectivity index (χ4n) is 3.71. The number of benzene rings is 2. The van der Waals surface area contributed by atoms with Crippen LogP contribution in [0.2, 0.25) is 0 Å². The van der Waals surface area contributed by atoms with E-state index in [0.29, 0.717) is 48.2 Å². The number of Topliss-reactive ketones (excluding diaryl/α,β-unsaturated/α-hetero) is 1. The second-order valence-electron chi connectivity index (χ2n) is 8.37. The Morgan fingerprint density at radius 1 is 0.968 bits per heavy atom. The molecule has 0 unspecified atom stereocenters. The largest absolute Gasteiger partial charge is 0.494 e. The van der Waals surface area contributed by atoms with Crippen LogP contribution in [0.4, 0.5) is 27.5 Å². The SMILES string of the molecule is CCOc1ccc(Nc2nc(Nc3ccc(F)cc3)nc3c2C(=O)CC(C)(C)C3)cc1. The highest BCUT2D eigenvalue weighted by Gasteiger charge is 2.35. The first-order chi connectivity index (χ1) is 14.8. The van der Waals surface area contributed by atoms with Gasteiger partial charge in [0.2, 0.25) is 5.95 Å². The minimum atomic E-state index is -0.317. The topological polar surface area (TPSA) is 76.1 Å². The lowest BCUT2D eigenvalue weighted by Gasteiger charge is -2.30. The number of carbonyl (C=O) groups excluding carboxylic acids is 1. The molecule has 1 aliphatic carbocycles. The van der Waals surface area contributed by atoms with Gasteiger partial charge in [0.05, 0.1) is 17.9 Å². The van der Waals surface area contributed by atoms with Crippen LogP contribution in [-0.2, 0) is 6.42 Å². The highest BCUT2D eigenvalue weighted by molar-refractivity contribution is 6.03. The zero-order chi connectivity index (χ0) is 22.0. The summed E-state index contributed by atoms with van der Waals surface area (Å²) in [6, 6.07) is 13.5. The molecule has 1 aliphatic rings. The minimum absolute atomic E-state index is 0.0213. The Kier molecular flexibility index (Phi) is 5.59.